The zero-order valence-electron chi connectivity index (χ0n) is 17.9. The predicted octanol–water partition coefficient (Wildman–Crippen LogP) is 8.51. The number of alkyl halides is 1. The molecule has 2 aliphatic rings. The molecule has 0 saturated heterocycles. The van der Waals surface area contributed by atoms with Gasteiger partial charge in [-0.15, -0.1) is 6.58 Å². The van der Waals surface area contributed by atoms with Gasteiger partial charge >= 0.3 is 0 Å². The van der Waals surface area contributed by atoms with E-state index in [1.54, 1.807) is 6.07 Å². The molecule has 2 aliphatic carbocycles. The molecule has 0 bridgehead atoms. The van der Waals surface area contributed by atoms with E-state index < -0.39 is 29.7 Å². The fraction of sp³-hybridized carbons (Fsp3) is 0.481. The Morgan fingerprint density at radius 1 is 0.774 bits per heavy atom. The third kappa shape index (κ3) is 4.73. The Hall–Kier alpha value is -2.10. The lowest BCUT2D eigenvalue weighted by Gasteiger charge is -2.37. The Labute approximate surface area is 182 Å². The van der Waals surface area contributed by atoms with Crippen molar-refractivity contribution >= 4 is 0 Å². The van der Waals surface area contributed by atoms with Gasteiger partial charge in [-0.3, -0.25) is 0 Å². The van der Waals surface area contributed by atoms with E-state index in [1.807, 2.05) is 6.07 Å². The molecule has 0 spiro atoms. The van der Waals surface area contributed by atoms with E-state index in [9.17, 15) is 17.6 Å². The summed E-state index contributed by atoms with van der Waals surface area (Å²) in [6.07, 6.45) is 11.7. The first-order chi connectivity index (χ1) is 15.0. The molecule has 31 heavy (non-hydrogen) atoms. The third-order valence-corrected chi connectivity index (χ3v) is 7.64. The summed E-state index contributed by atoms with van der Waals surface area (Å²) in [4.78, 5) is 0. The highest BCUT2D eigenvalue weighted by Gasteiger charge is 2.31. The van der Waals surface area contributed by atoms with Gasteiger partial charge in [0.2, 0.25) is 0 Å². The van der Waals surface area contributed by atoms with Crippen molar-refractivity contribution in [2.75, 3.05) is 0 Å². The summed E-state index contributed by atoms with van der Waals surface area (Å²) in [5.41, 5.74) is 0.571. The van der Waals surface area contributed by atoms with Crippen LogP contribution in [0.2, 0.25) is 0 Å². The van der Waals surface area contributed by atoms with E-state index in [0.29, 0.717) is 11.8 Å². The molecule has 0 aromatic heterocycles. The van der Waals surface area contributed by atoms with E-state index >= 15 is 0 Å². The second-order valence-corrected chi connectivity index (χ2v) is 9.31. The van der Waals surface area contributed by atoms with E-state index in [1.165, 1.54) is 44.6 Å². The van der Waals surface area contributed by atoms with Crippen LogP contribution in [0.1, 0.15) is 68.4 Å². The van der Waals surface area contributed by atoms with Gasteiger partial charge < -0.3 is 0 Å². The standard InChI is InChI=1S/C27H30F4/c1-2-17-3-5-18(6-4-17)19-7-9-20(10-8-19)21-11-12-23(25(29)13-21)22-14-26(30)24(16-28)27(31)15-22/h2,11-15,17-20H,1,3-10,16H2. The van der Waals surface area contributed by atoms with Gasteiger partial charge in [0.1, 0.15) is 24.1 Å². The molecule has 2 aromatic carbocycles. The summed E-state index contributed by atoms with van der Waals surface area (Å²) >= 11 is 0. The SMILES string of the molecule is C=CC1CCC(C2CCC(c3ccc(-c4cc(F)c(CF)c(F)c4)c(F)c3)CC2)CC1. The van der Waals surface area contributed by atoms with Gasteiger partial charge in [-0.25, -0.2) is 17.6 Å². The molecular formula is C27H30F4. The van der Waals surface area contributed by atoms with Crippen molar-refractivity contribution in [1.82, 2.24) is 0 Å². The summed E-state index contributed by atoms with van der Waals surface area (Å²) < 4.78 is 55.4. The first-order valence-corrected chi connectivity index (χ1v) is 11.5. The highest BCUT2D eigenvalue weighted by molar-refractivity contribution is 5.65. The largest absolute Gasteiger partial charge is 0.246 e. The Morgan fingerprint density at radius 2 is 1.35 bits per heavy atom. The van der Waals surface area contributed by atoms with E-state index in [0.717, 1.165) is 42.4 Å². The number of hydrogen-bond donors (Lipinski definition) is 0. The maximum atomic E-state index is 14.8. The van der Waals surface area contributed by atoms with Crippen molar-refractivity contribution in [1.29, 1.82) is 0 Å². The van der Waals surface area contributed by atoms with Gasteiger partial charge in [-0.2, -0.15) is 0 Å². The summed E-state index contributed by atoms with van der Waals surface area (Å²) in [6.45, 7) is 2.71. The smallest absolute Gasteiger partial charge is 0.132 e. The number of halogens is 4. The van der Waals surface area contributed by atoms with E-state index in [-0.39, 0.29) is 11.1 Å². The highest BCUT2D eigenvalue weighted by Crippen LogP contribution is 2.44. The molecule has 2 aromatic rings. The first-order valence-electron chi connectivity index (χ1n) is 11.5. The second kappa shape index (κ2) is 9.58. The number of hydrogen-bond acceptors (Lipinski definition) is 0. The highest BCUT2D eigenvalue weighted by atomic mass is 19.1. The molecule has 0 radical (unpaired) electrons. The van der Waals surface area contributed by atoms with Crippen molar-refractivity contribution in [2.24, 2.45) is 17.8 Å². The molecule has 0 amide bonds. The molecule has 0 heterocycles. The van der Waals surface area contributed by atoms with Crippen LogP contribution in [-0.2, 0) is 6.67 Å². The monoisotopic (exact) mass is 430 g/mol. The molecule has 0 atom stereocenters. The van der Waals surface area contributed by atoms with Gasteiger partial charge in [0, 0.05) is 5.56 Å². The Bertz CT molecular complexity index is 896. The molecule has 0 nitrogen and oxygen atoms in total. The van der Waals surface area contributed by atoms with Crippen molar-refractivity contribution in [2.45, 2.75) is 64.0 Å². The fourth-order valence-electron chi connectivity index (χ4n) is 5.68. The summed E-state index contributed by atoms with van der Waals surface area (Å²) in [6, 6.07) is 6.98. The summed E-state index contributed by atoms with van der Waals surface area (Å²) in [7, 11) is 0. The van der Waals surface area contributed by atoms with Gasteiger partial charge in [-0.1, -0.05) is 18.2 Å². The van der Waals surface area contributed by atoms with Crippen LogP contribution in [0.3, 0.4) is 0 Å². The lowest BCUT2D eigenvalue weighted by atomic mass is 9.68. The predicted molar refractivity (Wildman–Crippen MR) is 117 cm³/mol. The van der Waals surface area contributed by atoms with E-state index in [4.69, 9.17) is 0 Å². The number of allylic oxidation sites excluding steroid dienone is 1. The maximum absolute atomic E-state index is 14.8. The Balaban J connectivity index is 1.42. The molecule has 4 heteroatoms. The quantitative estimate of drug-likeness (QED) is 0.329. The molecule has 0 aliphatic heterocycles. The van der Waals surface area contributed by atoms with Crippen LogP contribution in [-0.4, -0.2) is 0 Å². The first kappa shape index (κ1) is 22.1. The molecule has 166 valence electrons. The lowest BCUT2D eigenvalue weighted by molar-refractivity contribution is 0.171. The van der Waals surface area contributed by atoms with E-state index in [2.05, 4.69) is 12.7 Å². The maximum Gasteiger partial charge on any atom is 0.132 e. The molecule has 2 fully saturated rings. The minimum absolute atomic E-state index is 0.0927. The van der Waals surface area contributed by atoms with Crippen LogP contribution >= 0.6 is 0 Å². The molecule has 2 saturated carbocycles. The zero-order valence-corrected chi connectivity index (χ0v) is 17.9. The molecular weight excluding hydrogens is 400 g/mol. The fourth-order valence-corrected chi connectivity index (χ4v) is 5.68. The number of rotatable bonds is 5. The topological polar surface area (TPSA) is 0 Å². The van der Waals surface area contributed by atoms with Crippen LogP contribution < -0.4 is 0 Å². The minimum Gasteiger partial charge on any atom is -0.246 e. The van der Waals surface area contributed by atoms with Gasteiger partial charge in [-0.05, 0) is 104 Å². The summed E-state index contributed by atoms with van der Waals surface area (Å²) in [5.74, 6) is 0.132. The van der Waals surface area contributed by atoms with Crippen molar-refractivity contribution in [3.05, 3.63) is 71.6 Å². The average molecular weight is 431 g/mol. The van der Waals surface area contributed by atoms with Gasteiger partial charge in [0.25, 0.3) is 0 Å². The Kier molecular flexibility index (Phi) is 6.83. The zero-order chi connectivity index (χ0) is 22.0. The average Bonchev–Trinajstić information content (AvgIpc) is 2.79. The van der Waals surface area contributed by atoms with Crippen molar-refractivity contribution < 1.29 is 17.6 Å². The Morgan fingerprint density at radius 3 is 1.87 bits per heavy atom. The van der Waals surface area contributed by atoms with Crippen LogP contribution in [0.15, 0.2) is 43.0 Å². The third-order valence-electron chi connectivity index (χ3n) is 7.64. The van der Waals surface area contributed by atoms with Crippen LogP contribution in [0.25, 0.3) is 11.1 Å². The normalized spacial score (nSPS) is 26.6. The lowest BCUT2D eigenvalue weighted by Crippen LogP contribution is -2.25. The summed E-state index contributed by atoms with van der Waals surface area (Å²) in [5, 5.41) is 0. The van der Waals surface area contributed by atoms with Gasteiger partial charge in [0.05, 0.1) is 5.56 Å². The minimum atomic E-state index is -1.22. The number of benzene rings is 2. The van der Waals surface area contributed by atoms with Crippen LogP contribution in [0, 0.1) is 35.2 Å². The second-order valence-electron chi connectivity index (χ2n) is 9.31. The van der Waals surface area contributed by atoms with Crippen molar-refractivity contribution in [3.63, 3.8) is 0 Å². The van der Waals surface area contributed by atoms with Crippen molar-refractivity contribution in [3.8, 4) is 11.1 Å². The molecule has 4 rings (SSSR count). The van der Waals surface area contributed by atoms with Gasteiger partial charge in [0.15, 0.2) is 0 Å². The van der Waals surface area contributed by atoms with Crippen LogP contribution in [0.5, 0.6) is 0 Å². The molecule has 0 unspecified atom stereocenters. The molecule has 0 N–H and O–H groups in total. The van der Waals surface area contributed by atoms with Crippen LogP contribution in [0.4, 0.5) is 17.6 Å².